The highest BCUT2D eigenvalue weighted by molar-refractivity contribution is 6.33. The summed E-state index contributed by atoms with van der Waals surface area (Å²) in [5, 5.41) is 11.6. The van der Waals surface area contributed by atoms with Gasteiger partial charge in [0.15, 0.2) is 11.5 Å². The molecule has 0 saturated heterocycles. The van der Waals surface area contributed by atoms with Crippen molar-refractivity contribution in [2.45, 2.75) is 0 Å². The Balaban J connectivity index is 1.79. The van der Waals surface area contributed by atoms with E-state index in [4.69, 9.17) is 26.2 Å². The van der Waals surface area contributed by atoms with Crippen LogP contribution >= 0.6 is 11.6 Å². The third-order valence-electron chi connectivity index (χ3n) is 3.26. The van der Waals surface area contributed by atoms with E-state index in [-0.39, 0.29) is 16.5 Å². The van der Waals surface area contributed by atoms with Crippen molar-refractivity contribution in [2.75, 3.05) is 18.5 Å². The quantitative estimate of drug-likeness (QED) is 0.901. The van der Waals surface area contributed by atoms with E-state index >= 15 is 0 Å². The van der Waals surface area contributed by atoms with Crippen LogP contribution in [0.4, 0.5) is 5.69 Å². The monoisotopic (exact) mass is 333 g/mol. The first-order valence-corrected chi connectivity index (χ1v) is 7.16. The fourth-order valence-electron chi connectivity index (χ4n) is 2.15. The SMILES string of the molecule is O=C(Nc1ccc(C(=O)O)c(Cl)c1)c1ccc2c(c1)OCCO2. The fourth-order valence-corrected chi connectivity index (χ4v) is 2.42. The summed E-state index contributed by atoms with van der Waals surface area (Å²) in [6.45, 7) is 0.914. The lowest BCUT2D eigenvalue weighted by Gasteiger charge is -2.18. The topological polar surface area (TPSA) is 84.9 Å². The molecule has 0 fully saturated rings. The molecule has 0 saturated carbocycles. The van der Waals surface area contributed by atoms with Gasteiger partial charge in [-0.3, -0.25) is 4.79 Å². The second-order valence-electron chi connectivity index (χ2n) is 4.81. The van der Waals surface area contributed by atoms with Crippen LogP contribution < -0.4 is 14.8 Å². The lowest BCUT2D eigenvalue weighted by molar-refractivity contribution is 0.0697. The Kier molecular flexibility index (Phi) is 4.08. The van der Waals surface area contributed by atoms with Crippen LogP contribution in [0.1, 0.15) is 20.7 Å². The molecule has 0 spiro atoms. The van der Waals surface area contributed by atoms with Crippen molar-refractivity contribution in [3.8, 4) is 11.5 Å². The van der Waals surface area contributed by atoms with Gasteiger partial charge in [-0.25, -0.2) is 4.79 Å². The summed E-state index contributed by atoms with van der Waals surface area (Å²) < 4.78 is 10.8. The van der Waals surface area contributed by atoms with E-state index in [1.807, 2.05) is 0 Å². The number of hydrogen-bond donors (Lipinski definition) is 2. The number of nitrogens with one attached hydrogen (secondary N) is 1. The number of anilines is 1. The number of amides is 1. The van der Waals surface area contributed by atoms with Gasteiger partial charge >= 0.3 is 5.97 Å². The van der Waals surface area contributed by atoms with Crippen molar-refractivity contribution in [1.82, 2.24) is 0 Å². The maximum atomic E-state index is 12.3. The zero-order chi connectivity index (χ0) is 16.4. The first-order valence-electron chi connectivity index (χ1n) is 6.78. The lowest BCUT2D eigenvalue weighted by atomic mass is 10.1. The maximum absolute atomic E-state index is 12.3. The molecule has 3 rings (SSSR count). The number of carboxylic acid groups (broad SMARTS) is 1. The third-order valence-corrected chi connectivity index (χ3v) is 3.57. The van der Waals surface area contributed by atoms with E-state index < -0.39 is 5.97 Å². The number of aromatic carboxylic acids is 1. The minimum Gasteiger partial charge on any atom is -0.486 e. The van der Waals surface area contributed by atoms with Crippen LogP contribution in [0, 0.1) is 0 Å². The maximum Gasteiger partial charge on any atom is 0.337 e. The van der Waals surface area contributed by atoms with Gasteiger partial charge < -0.3 is 19.9 Å². The molecule has 1 amide bonds. The Morgan fingerprint density at radius 1 is 1.04 bits per heavy atom. The summed E-state index contributed by atoms with van der Waals surface area (Å²) in [6.07, 6.45) is 0. The summed E-state index contributed by atoms with van der Waals surface area (Å²) in [6, 6.07) is 9.09. The molecule has 0 radical (unpaired) electrons. The first kappa shape index (κ1) is 15.2. The standard InChI is InChI=1S/C16H12ClNO5/c17-12-8-10(2-3-11(12)16(20)21)18-15(19)9-1-4-13-14(7-9)23-6-5-22-13/h1-4,7-8H,5-6H2,(H,18,19)(H,20,21). The van der Waals surface area contributed by atoms with Gasteiger partial charge in [0.1, 0.15) is 13.2 Å². The molecule has 0 atom stereocenters. The number of fused-ring (bicyclic) bond motifs is 1. The molecule has 0 aromatic heterocycles. The van der Waals surface area contributed by atoms with Gasteiger partial charge in [-0.2, -0.15) is 0 Å². The average Bonchev–Trinajstić information content (AvgIpc) is 2.54. The summed E-state index contributed by atoms with van der Waals surface area (Å²) in [7, 11) is 0. The number of halogens is 1. The Bertz CT molecular complexity index is 790. The lowest BCUT2D eigenvalue weighted by Crippen LogP contribution is -2.17. The number of rotatable bonds is 3. The molecule has 1 aliphatic rings. The third kappa shape index (κ3) is 3.22. The van der Waals surface area contributed by atoms with Crippen molar-refractivity contribution < 1.29 is 24.2 Å². The zero-order valence-corrected chi connectivity index (χ0v) is 12.6. The smallest absolute Gasteiger partial charge is 0.337 e. The Hall–Kier alpha value is -2.73. The van der Waals surface area contributed by atoms with Crippen LogP contribution in [0.3, 0.4) is 0 Å². The molecule has 6 nitrogen and oxygen atoms in total. The van der Waals surface area contributed by atoms with Gasteiger partial charge in [-0.15, -0.1) is 0 Å². The number of carboxylic acids is 1. The van der Waals surface area contributed by atoms with E-state index in [1.165, 1.54) is 18.2 Å². The van der Waals surface area contributed by atoms with Crippen molar-refractivity contribution >= 4 is 29.2 Å². The minimum absolute atomic E-state index is 0.0241. The van der Waals surface area contributed by atoms with Crippen LogP contribution in [0.2, 0.25) is 5.02 Å². The first-order chi connectivity index (χ1) is 11.0. The van der Waals surface area contributed by atoms with Crippen LogP contribution in [0.5, 0.6) is 11.5 Å². The summed E-state index contributed by atoms with van der Waals surface area (Å²) in [5.74, 6) is -0.370. The number of hydrogen-bond acceptors (Lipinski definition) is 4. The summed E-state index contributed by atoms with van der Waals surface area (Å²) >= 11 is 5.88. The van der Waals surface area contributed by atoms with E-state index in [0.29, 0.717) is 36.0 Å². The van der Waals surface area contributed by atoms with Gasteiger partial charge in [0.2, 0.25) is 0 Å². The molecule has 1 aliphatic heterocycles. The summed E-state index contributed by atoms with van der Waals surface area (Å²) in [4.78, 5) is 23.2. The molecule has 7 heteroatoms. The second-order valence-corrected chi connectivity index (χ2v) is 5.22. The minimum atomic E-state index is -1.13. The number of carbonyl (C=O) groups excluding carboxylic acids is 1. The number of ether oxygens (including phenoxy) is 2. The average molecular weight is 334 g/mol. The Morgan fingerprint density at radius 2 is 1.78 bits per heavy atom. The van der Waals surface area contributed by atoms with Crippen molar-refractivity contribution in [3.63, 3.8) is 0 Å². The highest BCUT2D eigenvalue weighted by atomic mass is 35.5. The molecule has 23 heavy (non-hydrogen) atoms. The second kappa shape index (κ2) is 6.18. The molecule has 2 aromatic rings. The normalized spacial score (nSPS) is 12.6. The molecule has 118 valence electrons. The fraction of sp³-hybridized carbons (Fsp3) is 0.125. The molecule has 2 aromatic carbocycles. The van der Waals surface area contributed by atoms with E-state index in [2.05, 4.69) is 5.32 Å². The van der Waals surface area contributed by atoms with Crippen molar-refractivity contribution in [1.29, 1.82) is 0 Å². The predicted molar refractivity (Wildman–Crippen MR) is 83.8 cm³/mol. The molecule has 1 heterocycles. The van der Waals surface area contributed by atoms with Crippen LogP contribution in [0.25, 0.3) is 0 Å². The van der Waals surface area contributed by atoms with Crippen molar-refractivity contribution in [2.24, 2.45) is 0 Å². The van der Waals surface area contributed by atoms with Gasteiger partial charge in [0, 0.05) is 11.3 Å². The summed E-state index contributed by atoms with van der Waals surface area (Å²) in [5.41, 5.74) is 0.775. The number of carbonyl (C=O) groups is 2. The van der Waals surface area contributed by atoms with Gasteiger partial charge in [0.25, 0.3) is 5.91 Å². The zero-order valence-electron chi connectivity index (χ0n) is 11.8. The molecule has 0 aliphatic carbocycles. The highest BCUT2D eigenvalue weighted by Gasteiger charge is 2.16. The molecular weight excluding hydrogens is 322 g/mol. The number of benzene rings is 2. The van der Waals surface area contributed by atoms with Gasteiger partial charge in [-0.1, -0.05) is 11.6 Å². The van der Waals surface area contributed by atoms with E-state index in [0.717, 1.165) is 0 Å². The van der Waals surface area contributed by atoms with Crippen LogP contribution in [0.15, 0.2) is 36.4 Å². The van der Waals surface area contributed by atoms with Crippen molar-refractivity contribution in [3.05, 3.63) is 52.5 Å². The molecule has 0 bridgehead atoms. The largest absolute Gasteiger partial charge is 0.486 e. The molecule has 0 unspecified atom stereocenters. The van der Waals surface area contributed by atoms with Gasteiger partial charge in [0.05, 0.1) is 10.6 Å². The molecule has 2 N–H and O–H groups in total. The highest BCUT2D eigenvalue weighted by Crippen LogP contribution is 2.31. The predicted octanol–water partition coefficient (Wildman–Crippen LogP) is 3.06. The van der Waals surface area contributed by atoms with Crippen LogP contribution in [-0.4, -0.2) is 30.2 Å². The molecular formula is C16H12ClNO5. The Morgan fingerprint density at radius 3 is 2.48 bits per heavy atom. The van der Waals surface area contributed by atoms with Gasteiger partial charge in [-0.05, 0) is 36.4 Å². The van der Waals surface area contributed by atoms with E-state index in [9.17, 15) is 9.59 Å². The van der Waals surface area contributed by atoms with E-state index in [1.54, 1.807) is 18.2 Å². The van der Waals surface area contributed by atoms with Crippen LogP contribution in [-0.2, 0) is 0 Å². The Labute approximate surface area is 136 Å².